The molecule has 0 unspecified atom stereocenters. The van der Waals surface area contributed by atoms with E-state index in [4.69, 9.17) is 0 Å². The minimum Gasteiger partial charge on any atom is -0.351 e. The summed E-state index contributed by atoms with van der Waals surface area (Å²) in [6.07, 6.45) is 6.88. The van der Waals surface area contributed by atoms with E-state index in [9.17, 15) is 9.59 Å². The average Bonchev–Trinajstić information content (AvgIpc) is 3.12. The molecule has 1 aromatic heterocycles. The number of nitrogens with zero attached hydrogens (tertiary/aromatic N) is 2. The predicted molar refractivity (Wildman–Crippen MR) is 73.6 cm³/mol. The summed E-state index contributed by atoms with van der Waals surface area (Å²) in [6.45, 7) is 2.06. The lowest BCUT2D eigenvalue weighted by Crippen LogP contribution is -2.44. The normalized spacial score (nSPS) is 19.7. The highest BCUT2D eigenvalue weighted by atomic mass is 16.2. The molecule has 20 heavy (non-hydrogen) atoms. The van der Waals surface area contributed by atoms with E-state index in [2.05, 4.69) is 10.3 Å². The molecule has 0 aromatic carbocycles. The van der Waals surface area contributed by atoms with Crippen LogP contribution < -0.4 is 5.32 Å². The van der Waals surface area contributed by atoms with Crippen molar-refractivity contribution in [2.45, 2.75) is 32.2 Å². The quantitative estimate of drug-likeness (QED) is 0.836. The van der Waals surface area contributed by atoms with E-state index in [1.807, 2.05) is 17.0 Å². The van der Waals surface area contributed by atoms with Gasteiger partial charge in [-0.3, -0.25) is 14.6 Å². The van der Waals surface area contributed by atoms with Crippen molar-refractivity contribution in [3.63, 3.8) is 0 Å². The summed E-state index contributed by atoms with van der Waals surface area (Å²) < 4.78 is 0. The molecule has 0 bridgehead atoms. The summed E-state index contributed by atoms with van der Waals surface area (Å²) in [4.78, 5) is 30.5. The molecule has 0 atom stereocenters. The predicted octanol–water partition coefficient (Wildman–Crippen LogP) is 1.10. The van der Waals surface area contributed by atoms with Crippen LogP contribution in [0.2, 0.25) is 0 Å². The fraction of sp³-hybridized carbons (Fsp3) is 0.533. The molecule has 2 amide bonds. The summed E-state index contributed by atoms with van der Waals surface area (Å²) in [6, 6.07) is 3.73. The van der Waals surface area contributed by atoms with E-state index in [0.717, 1.165) is 31.5 Å². The van der Waals surface area contributed by atoms with Crippen molar-refractivity contribution in [2.24, 2.45) is 5.41 Å². The molecule has 0 radical (unpaired) electrons. The molecule has 1 saturated heterocycles. The second-order valence-electron chi connectivity index (χ2n) is 5.62. The highest BCUT2D eigenvalue weighted by molar-refractivity contribution is 6.07. The molecule has 106 valence electrons. The first-order valence-electron chi connectivity index (χ1n) is 7.19. The zero-order valence-corrected chi connectivity index (χ0v) is 11.5. The lowest BCUT2D eigenvalue weighted by molar-refractivity contribution is -0.143. The Hall–Kier alpha value is -1.91. The van der Waals surface area contributed by atoms with E-state index >= 15 is 0 Å². The van der Waals surface area contributed by atoms with Gasteiger partial charge in [0.1, 0.15) is 5.41 Å². The molecule has 0 spiro atoms. The van der Waals surface area contributed by atoms with Crippen LogP contribution in [0.1, 0.15) is 31.2 Å². The summed E-state index contributed by atoms with van der Waals surface area (Å²) in [5.74, 6) is -0.0894. The Morgan fingerprint density at radius 2 is 1.85 bits per heavy atom. The number of hydrogen-bond donors (Lipinski definition) is 1. The maximum atomic E-state index is 12.4. The van der Waals surface area contributed by atoms with Crippen LogP contribution >= 0.6 is 0 Å². The number of amides is 2. The van der Waals surface area contributed by atoms with Crippen LogP contribution in [0.3, 0.4) is 0 Å². The smallest absolute Gasteiger partial charge is 0.238 e. The Morgan fingerprint density at radius 3 is 2.45 bits per heavy atom. The number of carbonyl (C=O) groups is 2. The summed E-state index contributed by atoms with van der Waals surface area (Å²) in [5.41, 5.74) is 0.231. The van der Waals surface area contributed by atoms with Crippen LogP contribution in [0.5, 0.6) is 0 Å². The number of rotatable bonds is 4. The summed E-state index contributed by atoms with van der Waals surface area (Å²) >= 11 is 0. The van der Waals surface area contributed by atoms with E-state index < -0.39 is 5.41 Å². The van der Waals surface area contributed by atoms with E-state index in [0.29, 0.717) is 19.4 Å². The van der Waals surface area contributed by atoms with Gasteiger partial charge in [-0.1, -0.05) is 0 Å². The van der Waals surface area contributed by atoms with Crippen molar-refractivity contribution in [2.75, 3.05) is 13.1 Å². The molecule has 1 aromatic rings. The third kappa shape index (κ3) is 2.40. The van der Waals surface area contributed by atoms with Crippen molar-refractivity contribution in [1.29, 1.82) is 0 Å². The van der Waals surface area contributed by atoms with Crippen LogP contribution in [-0.4, -0.2) is 34.8 Å². The van der Waals surface area contributed by atoms with Crippen LogP contribution in [0.4, 0.5) is 0 Å². The maximum absolute atomic E-state index is 12.4. The molecular weight excluding hydrogens is 254 g/mol. The molecular formula is C15H19N3O2. The van der Waals surface area contributed by atoms with Gasteiger partial charge in [-0.2, -0.15) is 0 Å². The number of aromatic nitrogens is 1. The molecule has 3 rings (SSSR count). The van der Waals surface area contributed by atoms with Gasteiger partial charge in [0.2, 0.25) is 11.8 Å². The van der Waals surface area contributed by atoms with Gasteiger partial charge in [0.05, 0.1) is 0 Å². The number of likely N-dealkylation sites (tertiary alicyclic amines) is 1. The molecule has 1 aliphatic carbocycles. The number of carbonyl (C=O) groups excluding carboxylic acids is 2. The highest BCUT2D eigenvalue weighted by Gasteiger charge is 2.58. The minimum absolute atomic E-state index is 0.0298. The van der Waals surface area contributed by atoms with Gasteiger partial charge in [0.25, 0.3) is 0 Å². The third-order valence-corrected chi connectivity index (χ3v) is 4.19. The lowest BCUT2D eigenvalue weighted by Gasteiger charge is -2.22. The van der Waals surface area contributed by atoms with Crippen LogP contribution in [0.15, 0.2) is 24.5 Å². The molecule has 2 aliphatic rings. The Kier molecular flexibility index (Phi) is 3.42. The van der Waals surface area contributed by atoms with Gasteiger partial charge in [-0.25, -0.2) is 0 Å². The zero-order chi connectivity index (χ0) is 14.0. The molecule has 5 heteroatoms. The zero-order valence-electron chi connectivity index (χ0n) is 11.5. The molecule has 2 heterocycles. The second-order valence-corrected chi connectivity index (χ2v) is 5.62. The molecule has 1 saturated carbocycles. The van der Waals surface area contributed by atoms with Crippen LogP contribution in [0.25, 0.3) is 0 Å². The first-order chi connectivity index (χ1) is 9.72. The highest BCUT2D eigenvalue weighted by Crippen LogP contribution is 2.48. The Labute approximate surface area is 118 Å². The van der Waals surface area contributed by atoms with E-state index in [1.165, 1.54) is 0 Å². The largest absolute Gasteiger partial charge is 0.351 e. The Bertz CT molecular complexity index is 505. The minimum atomic E-state index is -0.766. The Morgan fingerprint density at radius 1 is 1.20 bits per heavy atom. The van der Waals surface area contributed by atoms with Crippen LogP contribution in [0, 0.1) is 5.41 Å². The lowest BCUT2D eigenvalue weighted by atomic mass is 10.0. The average molecular weight is 273 g/mol. The van der Waals surface area contributed by atoms with Crippen LogP contribution in [-0.2, 0) is 16.1 Å². The molecule has 1 N–H and O–H groups in total. The topological polar surface area (TPSA) is 62.3 Å². The van der Waals surface area contributed by atoms with Crippen molar-refractivity contribution in [3.05, 3.63) is 30.1 Å². The SMILES string of the molecule is O=C(NCc1ccncc1)C1(C(=O)N2CCCC2)CC1. The van der Waals surface area contributed by atoms with Gasteiger partial charge >= 0.3 is 0 Å². The van der Waals surface area contributed by atoms with Gasteiger partial charge < -0.3 is 10.2 Å². The van der Waals surface area contributed by atoms with E-state index in [1.54, 1.807) is 12.4 Å². The van der Waals surface area contributed by atoms with Gasteiger partial charge in [0.15, 0.2) is 0 Å². The number of nitrogens with one attached hydrogen (secondary N) is 1. The Balaban J connectivity index is 1.60. The second kappa shape index (κ2) is 5.23. The maximum Gasteiger partial charge on any atom is 0.238 e. The first-order valence-corrected chi connectivity index (χ1v) is 7.19. The van der Waals surface area contributed by atoms with E-state index in [-0.39, 0.29) is 11.8 Å². The summed E-state index contributed by atoms with van der Waals surface area (Å²) in [5, 5.41) is 2.89. The van der Waals surface area contributed by atoms with Gasteiger partial charge in [0, 0.05) is 32.0 Å². The summed E-state index contributed by atoms with van der Waals surface area (Å²) in [7, 11) is 0. The standard InChI is InChI=1S/C15H19N3O2/c19-13(17-11-12-3-7-16-8-4-12)15(5-6-15)14(20)18-9-1-2-10-18/h3-4,7-8H,1-2,5-6,9-11H2,(H,17,19). The fourth-order valence-electron chi connectivity index (χ4n) is 2.74. The van der Waals surface area contributed by atoms with Crippen molar-refractivity contribution < 1.29 is 9.59 Å². The fourth-order valence-corrected chi connectivity index (χ4v) is 2.74. The monoisotopic (exact) mass is 273 g/mol. The van der Waals surface area contributed by atoms with Gasteiger partial charge in [-0.15, -0.1) is 0 Å². The first kappa shape index (κ1) is 13.1. The van der Waals surface area contributed by atoms with Gasteiger partial charge in [-0.05, 0) is 43.4 Å². The van der Waals surface area contributed by atoms with Crippen molar-refractivity contribution in [1.82, 2.24) is 15.2 Å². The third-order valence-electron chi connectivity index (χ3n) is 4.19. The molecule has 5 nitrogen and oxygen atoms in total. The number of hydrogen-bond acceptors (Lipinski definition) is 3. The molecule has 2 fully saturated rings. The molecule has 1 aliphatic heterocycles. The van der Waals surface area contributed by atoms with Crippen molar-refractivity contribution >= 4 is 11.8 Å². The van der Waals surface area contributed by atoms with Crippen molar-refractivity contribution in [3.8, 4) is 0 Å². The number of pyridine rings is 1.